The number of fused-ring (bicyclic) bond motifs is 1. The molecule has 0 radical (unpaired) electrons. The van der Waals surface area contributed by atoms with Crippen LogP contribution in [-0.4, -0.2) is 49.0 Å². The fourth-order valence-corrected chi connectivity index (χ4v) is 4.15. The first-order valence-electron chi connectivity index (χ1n) is 11.4. The van der Waals surface area contributed by atoms with E-state index in [1.807, 2.05) is 45.0 Å². The zero-order valence-electron chi connectivity index (χ0n) is 20.2. The molecule has 0 saturated heterocycles. The molecule has 0 aliphatic carbocycles. The van der Waals surface area contributed by atoms with Crippen LogP contribution in [0.4, 0.5) is 9.18 Å². The number of hydrogen-bond donors (Lipinski definition) is 2. The SMILES string of the molecule is CC(C)(C)OC(=O)N(CCc1nc(C(=O)NCc2ncccc2F)cs1)Cc1nc2ccccc2[nH]1. The molecule has 0 aliphatic rings. The Bertz CT molecular complexity index is 1330. The molecule has 4 aromatic rings. The third-order valence-corrected chi connectivity index (χ3v) is 5.97. The molecule has 0 atom stereocenters. The zero-order valence-corrected chi connectivity index (χ0v) is 21.1. The highest BCUT2D eigenvalue weighted by atomic mass is 32.1. The summed E-state index contributed by atoms with van der Waals surface area (Å²) in [6, 6.07) is 10.4. The standard InChI is InChI=1S/C25H27FN6O3S/c1-25(2,3)35-24(34)32(14-21-29-17-8-4-5-9-18(17)30-21)12-10-22-31-20(15-36-22)23(33)28-13-19-16(26)7-6-11-27-19/h4-9,11,15H,10,12-14H2,1-3H3,(H,28,33)(H,29,30). The summed E-state index contributed by atoms with van der Waals surface area (Å²) in [7, 11) is 0. The average molecular weight is 511 g/mol. The number of carbonyl (C=O) groups is 2. The Morgan fingerprint density at radius 2 is 1.97 bits per heavy atom. The number of carbonyl (C=O) groups excluding carboxylic acids is 2. The molecule has 0 aliphatic heterocycles. The molecular weight excluding hydrogens is 483 g/mol. The zero-order chi connectivity index (χ0) is 25.7. The molecule has 0 bridgehead atoms. The minimum Gasteiger partial charge on any atom is -0.444 e. The molecule has 0 unspecified atom stereocenters. The maximum absolute atomic E-state index is 13.7. The molecule has 2 N–H and O–H groups in total. The van der Waals surface area contributed by atoms with Gasteiger partial charge in [-0.1, -0.05) is 12.1 Å². The molecule has 0 fully saturated rings. The van der Waals surface area contributed by atoms with E-state index in [-0.39, 0.29) is 24.5 Å². The van der Waals surface area contributed by atoms with Gasteiger partial charge in [0.15, 0.2) is 0 Å². The normalized spacial score (nSPS) is 11.4. The van der Waals surface area contributed by atoms with Crippen LogP contribution in [0.25, 0.3) is 11.0 Å². The predicted molar refractivity (Wildman–Crippen MR) is 134 cm³/mol. The number of H-pyrrole nitrogens is 1. The Labute approximate surface area is 211 Å². The van der Waals surface area contributed by atoms with Gasteiger partial charge in [-0.05, 0) is 45.0 Å². The number of benzene rings is 1. The Balaban J connectivity index is 1.40. The summed E-state index contributed by atoms with van der Waals surface area (Å²) >= 11 is 1.32. The second-order valence-electron chi connectivity index (χ2n) is 9.09. The van der Waals surface area contributed by atoms with Gasteiger partial charge in [0.25, 0.3) is 5.91 Å². The van der Waals surface area contributed by atoms with E-state index in [4.69, 9.17) is 4.74 Å². The van der Waals surface area contributed by atoms with E-state index >= 15 is 0 Å². The first kappa shape index (κ1) is 25.2. The van der Waals surface area contributed by atoms with Crippen molar-refractivity contribution in [2.45, 2.75) is 45.9 Å². The van der Waals surface area contributed by atoms with E-state index in [0.717, 1.165) is 11.0 Å². The van der Waals surface area contributed by atoms with Crippen LogP contribution in [-0.2, 0) is 24.2 Å². The number of thiazole rings is 1. The predicted octanol–water partition coefficient (Wildman–Crippen LogP) is 4.46. The fraction of sp³-hybridized carbons (Fsp3) is 0.320. The summed E-state index contributed by atoms with van der Waals surface area (Å²) in [6.07, 6.45) is 1.43. The van der Waals surface area contributed by atoms with E-state index in [1.165, 1.54) is 29.7 Å². The van der Waals surface area contributed by atoms with Crippen molar-refractivity contribution in [3.63, 3.8) is 0 Å². The molecule has 36 heavy (non-hydrogen) atoms. The van der Waals surface area contributed by atoms with Crippen LogP contribution in [0.3, 0.4) is 0 Å². The van der Waals surface area contributed by atoms with Gasteiger partial charge >= 0.3 is 6.09 Å². The lowest BCUT2D eigenvalue weighted by Gasteiger charge is -2.26. The van der Waals surface area contributed by atoms with Crippen molar-refractivity contribution >= 4 is 34.4 Å². The van der Waals surface area contributed by atoms with E-state index < -0.39 is 23.4 Å². The van der Waals surface area contributed by atoms with E-state index in [1.54, 1.807) is 10.3 Å². The van der Waals surface area contributed by atoms with Gasteiger partial charge in [0, 0.05) is 24.5 Å². The summed E-state index contributed by atoms with van der Waals surface area (Å²) in [5.41, 5.74) is 1.44. The Morgan fingerprint density at radius 1 is 1.17 bits per heavy atom. The molecule has 1 aromatic carbocycles. The largest absolute Gasteiger partial charge is 0.444 e. The number of hydrogen-bond acceptors (Lipinski definition) is 7. The first-order valence-corrected chi connectivity index (χ1v) is 12.3. The van der Waals surface area contributed by atoms with Crippen molar-refractivity contribution < 1.29 is 18.7 Å². The molecule has 188 valence electrons. The number of ether oxygens (including phenoxy) is 1. The quantitative estimate of drug-likeness (QED) is 0.362. The summed E-state index contributed by atoms with van der Waals surface area (Å²) in [6.45, 7) is 5.95. The monoisotopic (exact) mass is 510 g/mol. The summed E-state index contributed by atoms with van der Waals surface area (Å²) < 4.78 is 19.3. The number of aromatic amines is 1. The third-order valence-electron chi connectivity index (χ3n) is 5.06. The van der Waals surface area contributed by atoms with E-state index in [2.05, 4.69) is 25.3 Å². The fourth-order valence-electron chi connectivity index (χ4n) is 3.39. The van der Waals surface area contributed by atoms with Gasteiger partial charge in [-0.15, -0.1) is 11.3 Å². The summed E-state index contributed by atoms with van der Waals surface area (Å²) in [4.78, 5) is 43.0. The van der Waals surface area contributed by atoms with Crippen LogP contribution < -0.4 is 5.32 Å². The van der Waals surface area contributed by atoms with Crippen molar-refractivity contribution in [3.8, 4) is 0 Å². The lowest BCUT2D eigenvalue weighted by Crippen LogP contribution is -2.38. The Morgan fingerprint density at radius 3 is 2.72 bits per heavy atom. The minimum atomic E-state index is -0.650. The third kappa shape index (κ3) is 6.63. The molecule has 3 heterocycles. The van der Waals surface area contributed by atoms with Crippen molar-refractivity contribution in [2.24, 2.45) is 0 Å². The number of pyridine rings is 1. The molecule has 3 aromatic heterocycles. The van der Waals surface area contributed by atoms with Crippen LogP contribution in [0.5, 0.6) is 0 Å². The minimum absolute atomic E-state index is 0.0394. The smallest absolute Gasteiger partial charge is 0.410 e. The van der Waals surface area contributed by atoms with Crippen LogP contribution in [0.1, 0.15) is 47.8 Å². The highest BCUT2D eigenvalue weighted by Gasteiger charge is 2.24. The van der Waals surface area contributed by atoms with E-state index in [0.29, 0.717) is 23.8 Å². The van der Waals surface area contributed by atoms with E-state index in [9.17, 15) is 14.0 Å². The van der Waals surface area contributed by atoms with Crippen molar-refractivity contribution in [3.05, 3.63) is 76.0 Å². The number of para-hydroxylation sites is 2. The second-order valence-corrected chi connectivity index (χ2v) is 10.0. The van der Waals surface area contributed by atoms with Gasteiger partial charge in [-0.2, -0.15) is 0 Å². The lowest BCUT2D eigenvalue weighted by atomic mass is 10.2. The average Bonchev–Trinajstić information content (AvgIpc) is 3.46. The summed E-state index contributed by atoms with van der Waals surface area (Å²) in [5, 5.41) is 4.95. The van der Waals surface area contributed by atoms with Gasteiger partial charge in [-0.3, -0.25) is 9.78 Å². The van der Waals surface area contributed by atoms with Crippen molar-refractivity contribution in [1.29, 1.82) is 0 Å². The van der Waals surface area contributed by atoms with Crippen molar-refractivity contribution in [2.75, 3.05) is 6.54 Å². The molecule has 0 spiro atoms. The lowest BCUT2D eigenvalue weighted by molar-refractivity contribution is 0.0231. The molecular formula is C25H27FN6O3S. The number of imidazole rings is 1. The van der Waals surface area contributed by atoms with Crippen molar-refractivity contribution in [1.82, 2.24) is 30.2 Å². The molecule has 11 heteroatoms. The number of amides is 2. The molecule has 0 saturated carbocycles. The topological polar surface area (TPSA) is 113 Å². The Hall–Kier alpha value is -3.86. The molecule has 2 amide bonds. The summed E-state index contributed by atoms with van der Waals surface area (Å²) in [5.74, 6) is -0.264. The first-order chi connectivity index (χ1) is 17.2. The van der Waals surface area contributed by atoms with Crippen LogP contribution in [0.2, 0.25) is 0 Å². The van der Waals surface area contributed by atoms with Gasteiger partial charge < -0.3 is 19.9 Å². The van der Waals surface area contributed by atoms with Gasteiger partial charge in [-0.25, -0.2) is 19.2 Å². The number of nitrogens with one attached hydrogen (secondary N) is 2. The number of aromatic nitrogens is 4. The number of rotatable bonds is 8. The van der Waals surface area contributed by atoms with Crippen LogP contribution in [0, 0.1) is 5.82 Å². The number of halogens is 1. The van der Waals surface area contributed by atoms with Gasteiger partial charge in [0.05, 0.1) is 34.8 Å². The number of nitrogens with zero attached hydrogens (tertiary/aromatic N) is 4. The van der Waals surface area contributed by atoms with Crippen LogP contribution in [0.15, 0.2) is 48.0 Å². The maximum atomic E-state index is 13.7. The maximum Gasteiger partial charge on any atom is 0.410 e. The molecule has 9 nitrogen and oxygen atoms in total. The molecule has 4 rings (SSSR count). The second kappa shape index (κ2) is 10.8. The van der Waals surface area contributed by atoms with Gasteiger partial charge in [0.1, 0.15) is 22.9 Å². The van der Waals surface area contributed by atoms with Gasteiger partial charge in [0.2, 0.25) is 0 Å². The highest BCUT2D eigenvalue weighted by Crippen LogP contribution is 2.17. The van der Waals surface area contributed by atoms with Crippen LogP contribution >= 0.6 is 11.3 Å². The highest BCUT2D eigenvalue weighted by molar-refractivity contribution is 7.09. The Kier molecular flexibility index (Phi) is 7.58.